The third-order valence-corrected chi connectivity index (χ3v) is 5.95. The molecule has 0 unspecified atom stereocenters. The van der Waals surface area contributed by atoms with Gasteiger partial charge in [-0.3, -0.25) is 0 Å². The van der Waals surface area contributed by atoms with E-state index in [2.05, 4.69) is 31.2 Å². The van der Waals surface area contributed by atoms with Gasteiger partial charge in [0.25, 0.3) is 0 Å². The van der Waals surface area contributed by atoms with Crippen LogP contribution in [-0.2, 0) is 4.74 Å². The van der Waals surface area contributed by atoms with Crippen molar-refractivity contribution in [3.63, 3.8) is 0 Å². The van der Waals surface area contributed by atoms with Crippen LogP contribution in [-0.4, -0.2) is 59.6 Å². The Bertz CT molecular complexity index is 1150. The van der Waals surface area contributed by atoms with Crippen LogP contribution in [0, 0.1) is 11.3 Å². The van der Waals surface area contributed by atoms with Crippen molar-refractivity contribution in [2.75, 3.05) is 43.6 Å². The van der Waals surface area contributed by atoms with Crippen molar-refractivity contribution in [2.45, 2.75) is 31.8 Å². The number of nitrogens with one attached hydrogen (secondary N) is 1. The van der Waals surface area contributed by atoms with Gasteiger partial charge in [-0.15, -0.1) is 0 Å². The Morgan fingerprint density at radius 1 is 1.06 bits per heavy atom. The molecule has 0 spiro atoms. The maximum Gasteiger partial charge on any atom is 0.227 e. The first-order valence-electron chi connectivity index (χ1n) is 11.8. The molecule has 9 heteroatoms. The Kier molecular flexibility index (Phi) is 8.44. The van der Waals surface area contributed by atoms with E-state index in [0.717, 1.165) is 55.8 Å². The summed E-state index contributed by atoms with van der Waals surface area (Å²) in [4.78, 5) is 15.8. The summed E-state index contributed by atoms with van der Waals surface area (Å²) >= 11 is 0. The van der Waals surface area contributed by atoms with Gasteiger partial charge in [-0.2, -0.15) is 5.26 Å². The molecule has 0 aliphatic carbocycles. The molecule has 2 aliphatic heterocycles. The molecule has 182 valence electrons. The van der Waals surface area contributed by atoms with E-state index in [1.807, 2.05) is 36.4 Å². The lowest BCUT2D eigenvalue weighted by Crippen LogP contribution is -2.26. The van der Waals surface area contributed by atoms with Crippen LogP contribution >= 0.6 is 0 Å². The number of nitriles is 1. The quantitative estimate of drug-likeness (QED) is 0.548. The summed E-state index contributed by atoms with van der Waals surface area (Å²) in [5.74, 6) is 2.06. The normalized spacial score (nSPS) is 15.6. The van der Waals surface area contributed by atoms with Gasteiger partial charge < -0.3 is 24.8 Å². The zero-order chi connectivity index (χ0) is 24.5. The molecule has 0 radical (unpaired) electrons. The summed E-state index contributed by atoms with van der Waals surface area (Å²) < 4.78 is 11.5. The third kappa shape index (κ3) is 6.23. The van der Waals surface area contributed by atoms with Gasteiger partial charge in [-0.25, -0.2) is 15.0 Å². The summed E-state index contributed by atoms with van der Waals surface area (Å²) in [5.41, 5.74) is 2.96. The minimum absolute atomic E-state index is 0.0809. The van der Waals surface area contributed by atoms with Crippen LogP contribution in [0.25, 0.3) is 11.3 Å². The van der Waals surface area contributed by atoms with Crippen LogP contribution in [0.5, 0.6) is 5.75 Å². The third-order valence-electron chi connectivity index (χ3n) is 5.95. The van der Waals surface area contributed by atoms with E-state index in [1.165, 1.54) is 12.8 Å². The van der Waals surface area contributed by atoms with Crippen molar-refractivity contribution in [3.8, 4) is 23.1 Å². The number of aliphatic hydroxyl groups excluding tert-OH is 1. The molecule has 0 saturated carbocycles. The van der Waals surface area contributed by atoms with Gasteiger partial charge in [0, 0.05) is 62.8 Å². The molecule has 2 saturated heterocycles. The van der Waals surface area contributed by atoms with E-state index >= 15 is 0 Å². The molecule has 1 aromatic carbocycles. The lowest BCUT2D eigenvalue weighted by molar-refractivity contribution is 0.0254. The van der Waals surface area contributed by atoms with Crippen LogP contribution < -0.4 is 15.0 Å². The number of pyridine rings is 1. The summed E-state index contributed by atoms with van der Waals surface area (Å²) in [5, 5.41) is 20.0. The molecule has 35 heavy (non-hydrogen) atoms. The number of aromatic nitrogens is 3. The van der Waals surface area contributed by atoms with E-state index < -0.39 is 0 Å². The van der Waals surface area contributed by atoms with Gasteiger partial charge >= 0.3 is 0 Å². The molecule has 0 atom stereocenters. The number of rotatable bonds is 6. The van der Waals surface area contributed by atoms with Crippen molar-refractivity contribution >= 4 is 17.5 Å². The highest BCUT2D eigenvalue weighted by Gasteiger charge is 2.18. The maximum absolute atomic E-state index is 9.67. The first-order chi connectivity index (χ1) is 17.3. The van der Waals surface area contributed by atoms with Crippen LogP contribution in [0.2, 0.25) is 0 Å². The average molecular weight is 475 g/mol. The molecule has 9 nitrogen and oxygen atoms in total. The Hall–Kier alpha value is -3.74. The van der Waals surface area contributed by atoms with Gasteiger partial charge in [0.2, 0.25) is 5.95 Å². The van der Waals surface area contributed by atoms with Crippen LogP contribution in [0.15, 0.2) is 48.8 Å². The van der Waals surface area contributed by atoms with E-state index in [9.17, 15) is 5.26 Å². The molecule has 2 aromatic heterocycles. The molecular formula is C26H30N6O3. The van der Waals surface area contributed by atoms with Crippen molar-refractivity contribution < 1.29 is 14.6 Å². The van der Waals surface area contributed by atoms with Crippen molar-refractivity contribution in [1.82, 2.24) is 15.0 Å². The zero-order valence-corrected chi connectivity index (χ0v) is 19.9. The number of nitrogens with zero attached hydrogens (tertiary/aromatic N) is 5. The molecule has 3 aromatic rings. The molecule has 2 N–H and O–H groups in total. The van der Waals surface area contributed by atoms with Crippen molar-refractivity contribution in [2.24, 2.45) is 0 Å². The predicted octanol–water partition coefficient (Wildman–Crippen LogP) is 3.92. The van der Waals surface area contributed by atoms with Gasteiger partial charge in [-0.05, 0) is 43.2 Å². The van der Waals surface area contributed by atoms with Crippen LogP contribution in [0.3, 0.4) is 0 Å². The maximum atomic E-state index is 9.67. The number of aliphatic hydroxyl groups is 1. The average Bonchev–Trinajstić information content (AvgIpc) is 3.46. The summed E-state index contributed by atoms with van der Waals surface area (Å²) in [6.07, 6.45) is 7.67. The van der Waals surface area contributed by atoms with Crippen molar-refractivity contribution in [1.29, 1.82) is 5.26 Å². The second-order valence-corrected chi connectivity index (χ2v) is 8.24. The highest BCUT2D eigenvalue weighted by molar-refractivity contribution is 5.66. The minimum Gasteiger partial charge on any atom is -0.489 e. The van der Waals surface area contributed by atoms with E-state index in [1.54, 1.807) is 12.4 Å². The predicted molar refractivity (Wildman–Crippen MR) is 134 cm³/mol. The van der Waals surface area contributed by atoms with Gasteiger partial charge in [0.15, 0.2) is 0 Å². The summed E-state index contributed by atoms with van der Waals surface area (Å²) in [7, 11) is 1.00. The highest BCUT2D eigenvalue weighted by atomic mass is 16.5. The Morgan fingerprint density at radius 2 is 1.83 bits per heavy atom. The zero-order valence-electron chi connectivity index (χ0n) is 19.9. The Morgan fingerprint density at radius 3 is 2.60 bits per heavy atom. The van der Waals surface area contributed by atoms with E-state index in [-0.39, 0.29) is 6.10 Å². The monoisotopic (exact) mass is 474 g/mol. The SMILES string of the molecule is CO.N#Cc1cc(-c2ccnc(Nc3ccnc(N4CCCC4)c3)n2)ccc1OC1CCOCC1. The van der Waals surface area contributed by atoms with Gasteiger partial charge in [-0.1, -0.05) is 0 Å². The highest BCUT2D eigenvalue weighted by Crippen LogP contribution is 2.28. The van der Waals surface area contributed by atoms with Gasteiger partial charge in [0.05, 0.1) is 24.5 Å². The lowest BCUT2D eigenvalue weighted by atomic mass is 10.1. The fourth-order valence-corrected chi connectivity index (χ4v) is 4.18. The molecule has 0 amide bonds. The molecular weight excluding hydrogens is 444 g/mol. The number of ether oxygens (including phenoxy) is 2. The van der Waals surface area contributed by atoms with E-state index in [0.29, 0.717) is 30.5 Å². The summed E-state index contributed by atoms with van der Waals surface area (Å²) in [6, 6.07) is 13.6. The minimum atomic E-state index is 0.0809. The van der Waals surface area contributed by atoms with E-state index in [4.69, 9.17) is 14.6 Å². The molecule has 0 bridgehead atoms. The molecule has 5 rings (SSSR count). The van der Waals surface area contributed by atoms with Crippen LogP contribution in [0.1, 0.15) is 31.2 Å². The topological polar surface area (TPSA) is 116 Å². The Balaban J connectivity index is 0.00000141. The fourth-order valence-electron chi connectivity index (χ4n) is 4.18. The first-order valence-corrected chi connectivity index (χ1v) is 11.8. The first kappa shape index (κ1) is 24.4. The summed E-state index contributed by atoms with van der Waals surface area (Å²) in [6.45, 7) is 3.46. The second-order valence-electron chi connectivity index (χ2n) is 8.24. The molecule has 2 aliphatic rings. The van der Waals surface area contributed by atoms with Crippen molar-refractivity contribution in [3.05, 3.63) is 54.4 Å². The number of hydrogen-bond donors (Lipinski definition) is 2. The standard InChI is InChI=1S/C25H26N6O2.CH4O/c26-17-19-15-18(3-4-23(19)33-21-7-13-32-14-8-21)22-6-10-28-25(30-22)29-20-5-9-27-24(16-20)31-11-1-2-12-31;1-2/h3-6,9-10,15-16,21H,1-2,7-8,11-14H2,(H,27,28,29,30);2H,1H3. The second kappa shape index (κ2) is 12.1. The molecule has 4 heterocycles. The number of benzene rings is 1. The van der Waals surface area contributed by atoms with Crippen LogP contribution in [0.4, 0.5) is 17.5 Å². The number of anilines is 3. The molecule has 2 fully saturated rings. The fraction of sp³-hybridized carbons (Fsp3) is 0.385. The Labute approximate surface area is 205 Å². The van der Waals surface area contributed by atoms with Gasteiger partial charge in [0.1, 0.15) is 23.7 Å². The lowest BCUT2D eigenvalue weighted by Gasteiger charge is -2.23. The number of hydrogen-bond acceptors (Lipinski definition) is 9. The largest absolute Gasteiger partial charge is 0.489 e. The smallest absolute Gasteiger partial charge is 0.227 e.